The van der Waals surface area contributed by atoms with Crippen LogP contribution in [0.5, 0.6) is 0 Å². The third kappa shape index (κ3) is 2.27. The lowest BCUT2D eigenvalue weighted by atomic mass is 9.64. The van der Waals surface area contributed by atoms with E-state index in [4.69, 9.17) is 5.11 Å². The third-order valence-corrected chi connectivity index (χ3v) is 3.20. The Hall–Kier alpha value is -0.570. The molecular formula is C11H20O3. The van der Waals surface area contributed by atoms with Crippen molar-refractivity contribution in [2.75, 3.05) is 0 Å². The summed E-state index contributed by atoms with van der Waals surface area (Å²) in [5.74, 6) is -0.921. The Bertz CT molecular complexity index is 207. The van der Waals surface area contributed by atoms with E-state index in [9.17, 15) is 9.90 Å². The van der Waals surface area contributed by atoms with Crippen LogP contribution < -0.4 is 0 Å². The Morgan fingerprint density at radius 3 is 2.50 bits per heavy atom. The van der Waals surface area contributed by atoms with Crippen molar-refractivity contribution in [2.45, 2.75) is 51.6 Å². The van der Waals surface area contributed by atoms with Crippen molar-refractivity contribution in [3.8, 4) is 0 Å². The van der Waals surface area contributed by atoms with E-state index in [0.717, 1.165) is 12.8 Å². The van der Waals surface area contributed by atoms with Crippen LogP contribution in [-0.2, 0) is 4.79 Å². The molecule has 0 aromatic heterocycles. The van der Waals surface area contributed by atoms with Gasteiger partial charge in [-0.25, -0.2) is 0 Å². The van der Waals surface area contributed by atoms with E-state index in [1.807, 2.05) is 13.8 Å². The van der Waals surface area contributed by atoms with Crippen LogP contribution in [0.4, 0.5) is 0 Å². The zero-order valence-electron chi connectivity index (χ0n) is 8.99. The van der Waals surface area contributed by atoms with Gasteiger partial charge in [-0.2, -0.15) is 0 Å². The van der Waals surface area contributed by atoms with E-state index in [1.165, 1.54) is 0 Å². The monoisotopic (exact) mass is 200 g/mol. The average molecular weight is 200 g/mol. The van der Waals surface area contributed by atoms with Crippen molar-refractivity contribution >= 4 is 5.97 Å². The summed E-state index contributed by atoms with van der Waals surface area (Å²) in [7, 11) is 0. The van der Waals surface area contributed by atoms with E-state index in [2.05, 4.69) is 0 Å². The Balaban J connectivity index is 2.54. The standard InChI is InChI=1S/C11H20O3/c1-3-4-5-9(10(12)13)11(14)6-8(2)7-11/h8-9,14H,3-7H2,1-2H3,(H,12,13). The first-order valence-electron chi connectivity index (χ1n) is 5.44. The summed E-state index contributed by atoms with van der Waals surface area (Å²) in [4.78, 5) is 11.0. The molecule has 0 radical (unpaired) electrons. The summed E-state index contributed by atoms with van der Waals surface area (Å²) in [5, 5.41) is 19.1. The summed E-state index contributed by atoms with van der Waals surface area (Å²) in [6.07, 6.45) is 3.76. The number of aliphatic hydroxyl groups is 1. The summed E-state index contributed by atoms with van der Waals surface area (Å²) < 4.78 is 0. The number of carbonyl (C=O) groups is 1. The average Bonchev–Trinajstić information content (AvgIpc) is 2.01. The van der Waals surface area contributed by atoms with Gasteiger partial charge < -0.3 is 10.2 Å². The van der Waals surface area contributed by atoms with E-state index in [-0.39, 0.29) is 0 Å². The molecule has 1 rings (SSSR count). The largest absolute Gasteiger partial charge is 0.481 e. The summed E-state index contributed by atoms with van der Waals surface area (Å²) in [6.45, 7) is 4.08. The number of hydrogen-bond donors (Lipinski definition) is 2. The van der Waals surface area contributed by atoms with E-state index in [1.54, 1.807) is 0 Å². The first-order chi connectivity index (χ1) is 6.49. The molecule has 0 aliphatic heterocycles. The normalized spacial score (nSPS) is 33.5. The fourth-order valence-corrected chi connectivity index (χ4v) is 2.46. The van der Waals surface area contributed by atoms with Gasteiger partial charge in [0.05, 0.1) is 11.5 Å². The maximum absolute atomic E-state index is 11.0. The van der Waals surface area contributed by atoms with Crippen LogP contribution in [-0.4, -0.2) is 21.8 Å². The third-order valence-electron chi connectivity index (χ3n) is 3.20. The van der Waals surface area contributed by atoms with Crippen LogP contribution in [0, 0.1) is 11.8 Å². The van der Waals surface area contributed by atoms with Gasteiger partial charge in [0, 0.05) is 0 Å². The van der Waals surface area contributed by atoms with Gasteiger partial charge in [-0.05, 0) is 25.2 Å². The number of carboxylic acid groups (broad SMARTS) is 1. The van der Waals surface area contributed by atoms with Crippen LogP contribution in [0.1, 0.15) is 46.0 Å². The minimum atomic E-state index is -0.916. The lowest BCUT2D eigenvalue weighted by Gasteiger charge is -2.45. The van der Waals surface area contributed by atoms with E-state index < -0.39 is 17.5 Å². The molecule has 0 amide bonds. The van der Waals surface area contributed by atoms with Crippen molar-refractivity contribution in [3.05, 3.63) is 0 Å². The fourth-order valence-electron chi connectivity index (χ4n) is 2.46. The minimum absolute atomic E-state index is 0.475. The molecule has 14 heavy (non-hydrogen) atoms. The minimum Gasteiger partial charge on any atom is -0.481 e. The highest BCUT2D eigenvalue weighted by molar-refractivity contribution is 5.71. The summed E-state index contributed by atoms with van der Waals surface area (Å²) in [6, 6.07) is 0. The first-order valence-corrected chi connectivity index (χ1v) is 5.44. The predicted molar refractivity (Wildman–Crippen MR) is 54.0 cm³/mol. The molecule has 1 unspecified atom stereocenters. The lowest BCUT2D eigenvalue weighted by molar-refractivity contribution is -0.167. The van der Waals surface area contributed by atoms with Crippen LogP contribution in [0.25, 0.3) is 0 Å². The number of unbranched alkanes of at least 4 members (excludes halogenated alkanes) is 1. The number of carboxylic acids is 1. The first kappa shape index (κ1) is 11.5. The fraction of sp³-hybridized carbons (Fsp3) is 0.909. The molecule has 1 aliphatic rings. The second kappa shape index (κ2) is 4.30. The number of rotatable bonds is 5. The molecule has 3 heteroatoms. The van der Waals surface area contributed by atoms with E-state index in [0.29, 0.717) is 25.2 Å². The molecule has 1 atom stereocenters. The Labute approximate surface area is 85.1 Å². The zero-order valence-corrected chi connectivity index (χ0v) is 8.99. The van der Waals surface area contributed by atoms with E-state index >= 15 is 0 Å². The van der Waals surface area contributed by atoms with Gasteiger partial charge in [0.2, 0.25) is 0 Å². The Kier molecular flexibility index (Phi) is 3.53. The summed E-state index contributed by atoms with van der Waals surface area (Å²) in [5.41, 5.74) is -0.916. The quantitative estimate of drug-likeness (QED) is 0.714. The number of hydrogen-bond acceptors (Lipinski definition) is 2. The highest BCUT2D eigenvalue weighted by atomic mass is 16.4. The maximum atomic E-state index is 11.0. The van der Waals surface area contributed by atoms with Gasteiger partial charge >= 0.3 is 5.97 Å². The maximum Gasteiger partial charge on any atom is 0.309 e. The van der Waals surface area contributed by atoms with Crippen molar-refractivity contribution in [2.24, 2.45) is 11.8 Å². The smallest absolute Gasteiger partial charge is 0.309 e. The van der Waals surface area contributed by atoms with Crippen molar-refractivity contribution in [1.82, 2.24) is 0 Å². The topological polar surface area (TPSA) is 57.5 Å². The Morgan fingerprint density at radius 1 is 1.57 bits per heavy atom. The van der Waals surface area contributed by atoms with Crippen LogP contribution in [0.15, 0.2) is 0 Å². The molecule has 0 spiro atoms. The predicted octanol–water partition coefficient (Wildman–Crippen LogP) is 2.04. The van der Waals surface area contributed by atoms with Crippen molar-refractivity contribution in [3.63, 3.8) is 0 Å². The Morgan fingerprint density at radius 2 is 2.14 bits per heavy atom. The molecule has 2 N–H and O–H groups in total. The van der Waals surface area contributed by atoms with Crippen LogP contribution in [0.3, 0.4) is 0 Å². The molecule has 82 valence electrons. The highest BCUT2D eigenvalue weighted by Crippen LogP contribution is 2.44. The molecule has 0 aromatic rings. The molecule has 1 aliphatic carbocycles. The molecule has 1 saturated carbocycles. The van der Waals surface area contributed by atoms with Gasteiger partial charge in [0.1, 0.15) is 0 Å². The van der Waals surface area contributed by atoms with Gasteiger partial charge in [-0.15, -0.1) is 0 Å². The zero-order chi connectivity index (χ0) is 10.8. The molecule has 3 nitrogen and oxygen atoms in total. The molecular weight excluding hydrogens is 180 g/mol. The second-order valence-electron chi connectivity index (χ2n) is 4.65. The van der Waals surface area contributed by atoms with Crippen LogP contribution >= 0.6 is 0 Å². The van der Waals surface area contributed by atoms with Crippen molar-refractivity contribution in [1.29, 1.82) is 0 Å². The second-order valence-corrected chi connectivity index (χ2v) is 4.65. The SMILES string of the molecule is CCCCC(C(=O)O)C1(O)CC(C)C1. The van der Waals surface area contributed by atoms with Gasteiger partial charge in [0.25, 0.3) is 0 Å². The number of aliphatic carboxylic acids is 1. The van der Waals surface area contributed by atoms with Gasteiger partial charge in [0.15, 0.2) is 0 Å². The van der Waals surface area contributed by atoms with Gasteiger partial charge in [-0.3, -0.25) is 4.79 Å². The molecule has 1 fully saturated rings. The van der Waals surface area contributed by atoms with Gasteiger partial charge in [-0.1, -0.05) is 26.7 Å². The molecule has 0 aromatic carbocycles. The highest BCUT2D eigenvalue weighted by Gasteiger charge is 2.49. The van der Waals surface area contributed by atoms with Crippen LogP contribution in [0.2, 0.25) is 0 Å². The lowest BCUT2D eigenvalue weighted by Crippen LogP contribution is -2.51. The molecule has 0 heterocycles. The molecule has 0 saturated heterocycles. The van der Waals surface area contributed by atoms with Crippen molar-refractivity contribution < 1.29 is 15.0 Å². The summed E-state index contributed by atoms with van der Waals surface area (Å²) >= 11 is 0. The molecule has 0 bridgehead atoms.